The van der Waals surface area contributed by atoms with Crippen LogP contribution in [0.25, 0.3) is 0 Å². The van der Waals surface area contributed by atoms with Gasteiger partial charge >= 0.3 is 107 Å². The average Bonchev–Trinajstić information content (AvgIpc) is 0.745. The van der Waals surface area contributed by atoms with Crippen LogP contribution in [0, 0.1) is 23.7 Å². The second kappa shape index (κ2) is 64.1. The topological polar surface area (TPSA) is 253 Å². The molecule has 135 heavy (non-hydrogen) atoms. The molecule has 2 aliphatic rings. The van der Waals surface area contributed by atoms with E-state index in [-0.39, 0.29) is 35.8 Å². The maximum Gasteiger partial charge on any atom is 0.494 e. The molecule has 0 spiro atoms. The van der Waals surface area contributed by atoms with E-state index in [0.29, 0.717) is 148 Å². The van der Waals surface area contributed by atoms with Gasteiger partial charge in [0.25, 0.3) is 0 Å². The van der Waals surface area contributed by atoms with Crippen molar-refractivity contribution in [3.63, 3.8) is 0 Å². The summed E-state index contributed by atoms with van der Waals surface area (Å²) in [5.74, 6) is 1.75. The Morgan fingerprint density at radius 2 is 0.496 bits per heavy atom. The van der Waals surface area contributed by atoms with Crippen LogP contribution in [0.1, 0.15) is 136 Å². The smallest absolute Gasteiger partial charge is 0.411 e. The van der Waals surface area contributed by atoms with Gasteiger partial charge in [0.15, 0.2) is 0 Å². The summed E-state index contributed by atoms with van der Waals surface area (Å²) in [7, 11) is -32.4. The Morgan fingerprint density at radius 3 is 0.711 bits per heavy atom. The molecular formula is C98H164O25Si12. The SMILES string of the molecule is C.C.C.C.CCO[SiH](OCC)O[Si](O[Si](CCOCC1CCC(COCC[Si](OCC)(OCC)O[Si](O[SiH](OCC)OCC)(c2ccccc2)c2ccccc2)CC1)(OCC)OCC)(c1ccccc1)c1ccccc1.CO[SiH](C)O[Si](O[Si](C)(O)CCOCC1CCC(COCC[Si](O)(OC)O[Si](O[SiH](C)OC)(c2ccccc2)c2ccccc2)CC1)(c1ccccc1)c1ccccc1. The van der Waals surface area contributed by atoms with Gasteiger partial charge in [-0.2, -0.15) is 0 Å². The first-order chi connectivity index (χ1) is 63.7. The van der Waals surface area contributed by atoms with Gasteiger partial charge in [0.2, 0.25) is 0 Å². The van der Waals surface area contributed by atoms with Crippen LogP contribution in [-0.4, -0.2) is 243 Å². The summed E-state index contributed by atoms with van der Waals surface area (Å²) in [5.41, 5.74) is 0. The molecule has 0 radical (unpaired) electrons. The predicted octanol–water partition coefficient (Wildman–Crippen LogP) is 13.6. The van der Waals surface area contributed by atoms with Crippen LogP contribution >= 0.6 is 0 Å². The van der Waals surface area contributed by atoms with Gasteiger partial charge in [-0.1, -0.05) is 272 Å². The summed E-state index contributed by atoms with van der Waals surface area (Å²) in [5, 5.41) is 7.37. The van der Waals surface area contributed by atoms with Crippen molar-refractivity contribution < 1.29 is 110 Å². The molecule has 4 unspecified atom stereocenters. The third kappa shape index (κ3) is 36.9. The first-order valence-electron chi connectivity index (χ1n) is 47.0. The number of ether oxygens (including phenoxy) is 4. The predicted molar refractivity (Wildman–Crippen MR) is 568 cm³/mol. The Balaban J connectivity index is 0.000000472. The molecule has 2 aliphatic carbocycles. The van der Waals surface area contributed by atoms with E-state index in [1.165, 1.54) is 7.11 Å². The molecule has 0 amide bonds. The van der Waals surface area contributed by atoms with E-state index in [9.17, 15) is 9.59 Å². The highest BCUT2D eigenvalue weighted by atomic mass is 28.5. The quantitative estimate of drug-likeness (QED) is 0.0265. The van der Waals surface area contributed by atoms with Gasteiger partial charge in [0.05, 0.1) is 19.8 Å². The lowest BCUT2D eigenvalue weighted by Crippen LogP contribution is -2.71. The monoisotopic (exact) mass is 2080 g/mol. The standard InChI is InChI=1S/C52H84O14Si6.C42H64O11Si6.4CH4/c1-9-55-67(56-10-2)63-71(49-29-21-17-22-30-49,50-31-23-18-24-32-50)65-69(59-13-5,60-14-6)43-41-53-45-47-37-39-48(40-38-47)46-54-42-44-70(61-15-7,62-16-8)66-72(51-33-25-19-26-34-51,52-35-27-20-28-36-52)64-68(57-11-3)58-12-4;1-45-54(4)50-58(39-19-11-7-12-20-39,40-21-13-8-14-22-40)52-56(6,43)33-31-48-35-37-27-29-38(30-28-37)36-49-32-34-57(44,47-3)53-59(51-55(5)46-2,41-23-15-9-16-24-41)42-25-17-10-18-26-42;;;;/h17-36,47-48,67-68H,9-16,37-46H2,1-8H3;7-26,37-38,43-44,54-55H,27-36H2,1-6H3;4*1H4. The normalized spacial score (nSPS) is 17.0. The van der Waals surface area contributed by atoms with Crippen LogP contribution in [0.3, 0.4) is 0 Å². The molecule has 754 valence electrons. The molecular weight excluding hydrogens is 1910 g/mol. The largest absolute Gasteiger partial charge is 0.494 e. The molecule has 2 saturated carbocycles. The molecule has 8 aromatic carbocycles. The second-order valence-corrected chi connectivity index (χ2v) is 64.9. The highest BCUT2D eigenvalue weighted by Crippen LogP contribution is 2.34. The van der Waals surface area contributed by atoms with Gasteiger partial charge in [-0.05, 0) is 192 Å². The van der Waals surface area contributed by atoms with Gasteiger partial charge in [0.1, 0.15) is 0 Å². The van der Waals surface area contributed by atoms with E-state index in [1.54, 1.807) is 14.2 Å². The number of benzene rings is 8. The maximum absolute atomic E-state index is 11.9. The number of hydrogen-bond donors (Lipinski definition) is 2. The van der Waals surface area contributed by atoms with Crippen LogP contribution in [-0.2, 0) is 101 Å². The lowest BCUT2D eigenvalue weighted by atomic mass is 9.83. The lowest BCUT2D eigenvalue weighted by molar-refractivity contribution is 0.0425. The Kier molecular flexibility index (Phi) is 57.4. The second-order valence-electron chi connectivity index (χ2n) is 32.5. The highest BCUT2D eigenvalue weighted by Gasteiger charge is 2.59. The van der Waals surface area contributed by atoms with Crippen LogP contribution < -0.4 is 41.5 Å². The van der Waals surface area contributed by atoms with E-state index in [4.69, 9.17) is 101 Å². The van der Waals surface area contributed by atoms with E-state index in [0.717, 1.165) is 92.9 Å². The van der Waals surface area contributed by atoms with Crippen LogP contribution in [0.15, 0.2) is 243 Å². The number of rotatable bonds is 63. The molecule has 8 aromatic rings. The van der Waals surface area contributed by atoms with E-state index in [2.05, 4.69) is 48.5 Å². The zero-order chi connectivity index (χ0) is 93.6. The highest BCUT2D eigenvalue weighted by molar-refractivity contribution is 7.02. The van der Waals surface area contributed by atoms with Gasteiger partial charge in [0, 0.05) is 131 Å². The minimum absolute atomic E-state index is 0. The maximum atomic E-state index is 11.9. The van der Waals surface area contributed by atoms with Crippen LogP contribution in [0.2, 0.25) is 43.8 Å². The molecule has 0 heterocycles. The Hall–Kier alpha value is -4.64. The first kappa shape index (κ1) is 121. The zero-order valence-electron chi connectivity index (χ0n) is 79.8. The Bertz CT molecular complexity index is 3980. The van der Waals surface area contributed by atoms with Crippen molar-refractivity contribution in [1.29, 1.82) is 0 Å². The summed E-state index contributed by atoms with van der Waals surface area (Å²) in [6, 6.07) is 81.9. The average molecular weight is 2080 g/mol. The van der Waals surface area contributed by atoms with Crippen molar-refractivity contribution >= 4 is 148 Å². The minimum Gasteiger partial charge on any atom is -0.411 e. The molecule has 25 nitrogen and oxygen atoms in total. The summed E-state index contributed by atoms with van der Waals surface area (Å²) in [4.78, 5) is 23.7. The summed E-state index contributed by atoms with van der Waals surface area (Å²) in [6.45, 7) is 29.2. The van der Waals surface area contributed by atoms with Gasteiger partial charge in [-0.3, -0.25) is 0 Å². The molecule has 2 fully saturated rings. The molecule has 2 N–H and O–H groups in total. The minimum atomic E-state index is -3.76. The first-order valence-corrected chi connectivity index (χ1v) is 69.7. The van der Waals surface area contributed by atoms with Crippen molar-refractivity contribution in [3.8, 4) is 0 Å². The van der Waals surface area contributed by atoms with Crippen molar-refractivity contribution in [2.45, 2.75) is 180 Å². The summed E-state index contributed by atoms with van der Waals surface area (Å²) in [6.07, 6.45) is 8.40. The number of hydrogen-bond acceptors (Lipinski definition) is 25. The zero-order valence-corrected chi connectivity index (χ0v) is 92.4. The van der Waals surface area contributed by atoms with Crippen molar-refractivity contribution in [3.05, 3.63) is 243 Å². The third-order valence-electron chi connectivity index (χ3n) is 23.1. The molecule has 4 atom stereocenters. The fraction of sp³-hybridized carbons (Fsp3) is 0.510. The third-order valence-corrected chi connectivity index (χ3v) is 62.3. The molecule has 10 rings (SSSR count). The van der Waals surface area contributed by atoms with Gasteiger partial charge in [-0.15, -0.1) is 0 Å². The molecule has 37 heteroatoms. The lowest BCUT2D eigenvalue weighted by Gasteiger charge is -2.41. The summed E-state index contributed by atoms with van der Waals surface area (Å²) < 4.78 is 150. The Morgan fingerprint density at radius 1 is 0.281 bits per heavy atom. The summed E-state index contributed by atoms with van der Waals surface area (Å²) >= 11 is 0. The van der Waals surface area contributed by atoms with Crippen molar-refractivity contribution in [1.82, 2.24) is 0 Å². The molecule has 0 saturated heterocycles. The van der Waals surface area contributed by atoms with E-state index >= 15 is 0 Å². The fourth-order valence-electron chi connectivity index (χ4n) is 16.3. The molecule has 0 aliphatic heterocycles. The molecule has 0 aromatic heterocycles. The van der Waals surface area contributed by atoms with Crippen LogP contribution in [0.4, 0.5) is 0 Å². The van der Waals surface area contributed by atoms with Gasteiger partial charge in [-0.25, -0.2) is 0 Å². The molecule has 0 bridgehead atoms. The van der Waals surface area contributed by atoms with Gasteiger partial charge < -0.3 is 110 Å². The van der Waals surface area contributed by atoms with Crippen molar-refractivity contribution in [2.75, 3.05) is 127 Å². The van der Waals surface area contributed by atoms with Crippen LogP contribution in [0.5, 0.6) is 0 Å². The van der Waals surface area contributed by atoms with Crippen molar-refractivity contribution in [2.24, 2.45) is 23.7 Å². The Labute approximate surface area is 826 Å². The van der Waals surface area contributed by atoms with E-state index in [1.807, 2.05) is 269 Å². The fourth-order valence-corrected chi connectivity index (χ4v) is 57.5. The van der Waals surface area contributed by atoms with E-state index < -0.39 is 107 Å².